The monoisotopic (exact) mass is 423 g/mol. The molecule has 2 aromatic carbocycles. The maximum atomic E-state index is 14.0. The van der Waals surface area contributed by atoms with Gasteiger partial charge in [0.05, 0.1) is 24.9 Å². The van der Waals surface area contributed by atoms with Crippen molar-refractivity contribution >= 4 is 33.7 Å². The smallest absolute Gasteiger partial charge is 0.414 e. The molecule has 1 aliphatic heterocycles. The van der Waals surface area contributed by atoms with E-state index in [1.165, 1.54) is 24.1 Å². The average Bonchev–Trinajstić information content (AvgIpc) is 3.00. The van der Waals surface area contributed by atoms with Crippen LogP contribution in [0.15, 0.2) is 46.9 Å². The van der Waals surface area contributed by atoms with E-state index in [4.69, 9.17) is 9.47 Å². The first-order valence-corrected chi connectivity index (χ1v) is 8.51. The van der Waals surface area contributed by atoms with Crippen LogP contribution in [-0.4, -0.2) is 38.4 Å². The predicted octanol–water partition coefficient (Wildman–Crippen LogP) is 3.78. The second-order valence-corrected chi connectivity index (χ2v) is 6.45. The third kappa shape index (κ3) is 3.96. The Bertz CT molecular complexity index is 827. The van der Waals surface area contributed by atoms with Crippen LogP contribution in [0, 0.1) is 5.82 Å². The second kappa shape index (κ2) is 7.74. The number of halogens is 2. The third-order valence-electron chi connectivity index (χ3n) is 3.79. The molecule has 0 N–H and O–H groups in total. The van der Waals surface area contributed by atoms with Gasteiger partial charge in [-0.3, -0.25) is 4.90 Å². The molecule has 26 heavy (non-hydrogen) atoms. The van der Waals surface area contributed by atoms with E-state index >= 15 is 0 Å². The number of cyclic esters (lactones) is 1. The van der Waals surface area contributed by atoms with Crippen LogP contribution in [0.2, 0.25) is 0 Å². The summed E-state index contributed by atoms with van der Waals surface area (Å²) in [4.78, 5) is 24.6. The van der Waals surface area contributed by atoms with Crippen LogP contribution >= 0.6 is 15.9 Å². The van der Waals surface area contributed by atoms with E-state index in [0.717, 1.165) is 0 Å². The number of benzene rings is 2. The summed E-state index contributed by atoms with van der Waals surface area (Å²) in [6.07, 6.45) is -1.16. The fraction of sp³-hybridized carbons (Fsp3) is 0.222. The van der Waals surface area contributed by atoms with Crippen molar-refractivity contribution < 1.29 is 28.2 Å². The van der Waals surface area contributed by atoms with Gasteiger partial charge >= 0.3 is 12.1 Å². The van der Waals surface area contributed by atoms with Crippen LogP contribution in [0.1, 0.15) is 10.4 Å². The molecular weight excluding hydrogens is 409 g/mol. The molecule has 2 aromatic rings. The molecule has 8 heteroatoms. The van der Waals surface area contributed by atoms with Crippen LogP contribution in [0.4, 0.5) is 14.9 Å². The van der Waals surface area contributed by atoms with E-state index in [1.54, 1.807) is 30.3 Å². The first-order valence-electron chi connectivity index (χ1n) is 7.72. The number of anilines is 1. The lowest BCUT2D eigenvalue weighted by atomic mass is 10.2. The number of nitrogens with zero attached hydrogens (tertiary/aromatic N) is 1. The van der Waals surface area contributed by atoms with E-state index < -0.39 is 24.0 Å². The van der Waals surface area contributed by atoms with Crippen molar-refractivity contribution in [3.63, 3.8) is 0 Å². The minimum absolute atomic E-state index is 0.109. The normalized spacial score (nSPS) is 16.3. The Balaban J connectivity index is 1.60. The summed E-state index contributed by atoms with van der Waals surface area (Å²) in [6, 6.07) is 10.8. The molecule has 136 valence electrons. The SMILES string of the molecule is COC(=O)c1ccc(OC[C@@H]2CN(c3ccc(Br)cc3F)C(=O)O2)cc1. The summed E-state index contributed by atoms with van der Waals surface area (Å²) in [5.74, 6) is -0.438. The highest BCUT2D eigenvalue weighted by atomic mass is 79.9. The van der Waals surface area contributed by atoms with E-state index in [2.05, 4.69) is 20.7 Å². The topological polar surface area (TPSA) is 65.1 Å². The molecule has 1 amide bonds. The number of carbonyl (C=O) groups excluding carboxylic acids is 2. The highest BCUT2D eigenvalue weighted by Gasteiger charge is 2.34. The summed E-state index contributed by atoms with van der Waals surface area (Å²) in [6.45, 7) is 0.287. The van der Waals surface area contributed by atoms with E-state index in [9.17, 15) is 14.0 Å². The van der Waals surface area contributed by atoms with Gasteiger partial charge in [0.15, 0.2) is 6.10 Å². The average molecular weight is 424 g/mol. The first kappa shape index (κ1) is 18.2. The molecule has 1 atom stereocenters. The Kier molecular flexibility index (Phi) is 5.41. The zero-order valence-corrected chi connectivity index (χ0v) is 15.4. The highest BCUT2D eigenvalue weighted by molar-refractivity contribution is 9.10. The van der Waals surface area contributed by atoms with Gasteiger partial charge in [0.25, 0.3) is 0 Å². The van der Waals surface area contributed by atoms with E-state index in [-0.39, 0.29) is 18.8 Å². The molecule has 0 unspecified atom stereocenters. The van der Waals surface area contributed by atoms with Gasteiger partial charge in [0.1, 0.15) is 18.2 Å². The number of amides is 1. The molecule has 1 heterocycles. The largest absolute Gasteiger partial charge is 0.490 e. The van der Waals surface area contributed by atoms with Crippen molar-refractivity contribution in [2.75, 3.05) is 25.2 Å². The lowest BCUT2D eigenvalue weighted by Gasteiger charge is -2.14. The fourth-order valence-corrected chi connectivity index (χ4v) is 2.83. The lowest BCUT2D eigenvalue weighted by Crippen LogP contribution is -2.27. The molecule has 6 nitrogen and oxygen atoms in total. The van der Waals surface area contributed by atoms with Gasteiger partial charge < -0.3 is 14.2 Å². The quantitative estimate of drug-likeness (QED) is 0.684. The van der Waals surface area contributed by atoms with E-state index in [1.807, 2.05) is 0 Å². The Labute approximate surface area is 157 Å². The van der Waals surface area contributed by atoms with Gasteiger partial charge in [-0.15, -0.1) is 0 Å². The molecule has 3 rings (SSSR count). The number of esters is 1. The van der Waals surface area contributed by atoms with Gasteiger partial charge in [-0.25, -0.2) is 14.0 Å². The highest BCUT2D eigenvalue weighted by Crippen LogP contribution is 2.27. The number of rotatable bonds is 5. The summed E-state index contributed by atoms with van der Waals surface area (Å²) < 4.78 is 30.1. The molecule has 0 spiro atoms. The summed E-state index contributed by atoms with van der Waals surface area (Å²) in [5, 5.41) is 0. The van der Waals surface area contributed by atoms with Crippen molar-refractivity contribution in [1.82, 2.24) is 0 Å². The molecule has 0 saturated carbocycles. The summed E-state index contributed by atoms with van der Waals surface area (Å²) in [7, 11) is 1.31. The van der Waals surface area contributed by atoms with E-state index in [0.29, 0.717) is 15.8 Å². The number of hydrogen-bond donors (Lipinski definition) is 0. The van der Waals surface area contributed by atoms with Gasteiger partial charge in [0, 0.05) is 4.47 Å². The molecule has 0 aromatic heterocycles. The summed E-state index contributed by atoms with van der Waals surface area (Å²) >= 11 is 3.18. The zero-order valence-electron chi connectivity index (χ0n) is 13.8. The fourth-order valence-electron chi connectivity index (χ4n) is 2.50. The minimum atomic E-state index is -0.624. The van der Waals surface area contributed by atoms with Crippen LogP contribution in [0.5, 0.6) is 5.75 Å². The number of ether oxygens (including phenoxy) is 3. The van der Waals surface area contributed by atoms with Gasteiger partial charge in [-0.05, 0) is 42.5 Å². The molecule has 1 saturated heterocycles. The first-order chi connectivity index (χ1) is 12.5. The standard InChI is InChI=1S/C18H15BrFNO5/c1-24-17(22)11-2-5-13(6-3-11)25-10-14-9-21(18(23)26-14)16-7-4-12(19)8-15(16)20/h2-8,14H,9-10H2,1H3/t14-/m0/s1. The Morgan fingerprint density at radius 3 is 2.69 bits per heavy atom. The molecule has 0 bridgehead atoms. The van der Waals surface area contributed by atoms with Crippen LogP contribution < -0.4 is 9.64 Å². The van der Waals surface area contributed by atoms with Crippen molar-refractivity contribution in [1.29, 1.82) is 0 Å². The molecule has 0 aliphatic carbocycles. The number of methoxy groups -OCH3 is 1. The van der Waals surface area contributed by atoms with Gasteiger partial charge in [0.2, 0.25) is 0 Å². The lowest BCUT2D eigenvalue weighted by molar-refractivity contribution is 0.0600. The Morgan fingerprint density at radius 2 is 2.04 bits per heavy atom. The number of carbonyl (C=O) groups is 2. The van der Waals surface area contributed by atoms with Crippen molar-refractivity contribution in [2.45, 2.75) is 6.10 Å². The second-order valence-electron chi connectivity index (χ2n) is 5.54. The molecule has 0 radical (unpaired) electrons. The van der Waals surface area contributed by atoms with Gasteiger partial charge in [-0.1, -0.05) is 15.9 Å². The van der Waals surface area contributed by atoms with Crippen LogP contribution in [0.3, 0.4) is 0 Å². The summed E-state index contributed by atoms with van der Waals surface area (Å²) in [5.41, 5.74) is 0.562. The third-order valence-corrected chi connectivity index (χ3v) is 4.28. The van der Waals surface area contributed by atoms with Crippen LogP contribution in [-0.2, 0) is 9.47 Å². The zero-order chi connectivity index (χ0) is 18.7. The predicted molar refractivity (Wildman–Crippen MR) is 95.0 cm³/mol. The Morgan fingerprint density at radius 1 is 1.31 bits per heavy atom. The maximum absolute atomic E-state index is 14.0. The van der Waals surface area contributed by atoms with Crippen molar-refractivity contribution in [2.24, 2.45) is 0 Å². The minimum Gasteiger partial charge on any atom is -0.490 e. The maximum Gasteiger partial charge on any atom is 0.414 e. The molecule has 1 aliphatic rings. The van der Waals surface area contributed by atoms with Crippen molar-refractivity contribution in [3.05, 3.63) is 58.3 Å². The van der Waals surface area contributed by atoms with Crippen molar-refractivity contribution in [3.8, 4) is 5.75 Å². The molecule has 1 fully saturated rings. The molecular formula is C18H15BrFNO5. The van der Waals surface area contributed by atoms with Crippen LogP contribution in [0.25, 0.3) is 0 Å². The number of hydrogen-bond acceptors (Lipinski definition) is 5. The Hall–Kier alpha value is -2.61. The van der Waals surface area contributed by atoms with Gasteiger partial charge in [-0.2, -0.15) is 0 Å².